The second-order valence-corrected chi connectivity index (χ2v) is 10.7. The number of thiazole rings is 1. The van der Waals surface area contributed by atoms with Crippen molar-refractivity contribution in [3.8, 4) is 0 Å². The van der Waals surface area contributed by atoms with E-state index in [2.05, 4.69) is 14.6 Å². The lowest BCUT2D eigenvalue weighted by molar-refractivity contribution is 0.264. The zero-order valence-electron chi connectivity index (χ0n) is 16.5. The van der Waals surface area contributed by atoms with Crippen LogP contribution < -0.4 is 9.62 Å². The van der Waals surface area contributed by atoms with E-state index in [1.807, 2.05) is 32.8 Å². The van der Waals surface area contributed by atoms with Gasteiger partial charge in [-0.15, -0.1) is 11.3 Å². The van der Waals surface area contributed by atoms with Crippen LogP contribution in [0.5, 0.6) is 0 Å². The Labute approximate surface area is 178 Å². The van der Waals surface area contributed by atoms with Crippen LogP contribution in [0.3, 0.4) is 0 Å². The molecule has 0 radical (unpaired) electrons. The number of nitrogens with zero attached hydrogens (tertiary/aromatic N) is 3. The van der Waals surface area contributed by atoms with Crippen LogP contribution in [0.1, 0.15) is 20.3 Å². The number of sulfonamides is 1. The third-order valence-electron chi connectivity index (χ3n) is 5.29. The van der Waals surface area contributed by atoms with E-state index in [4.69, 9.17) is 11.6 Å². The first-order valence-corrected chi connectivity index (χ1v) is 11.7. The number of anilines is 2. The molecule has 0 bridgehead atoms. The first-order chi connectivity index (χ1) is 13.4. The quantitative estimate of drug-likeness (QED) is 0.653. The molecule has 0 aliphatic carbocycles. The Kier molecular flexibility index (Phi) is 6.11. The molecule has 1 unspecified atom stereocenters. The Morgan fingerprint density at radius 3 is 2.69 bits per heavy atom. The molecule has 1 fully saturated rings. The van der Waals surface area contributed by atoms with Crippen LogP contribution in [0.25, 0.3) is 0 Å². The number of halogens is 3. The Balaban J connectivity index is 2.00. The van der Waals surface area contributed by atoms with Crippen molar-refractivity contribution >= 4 is 43.8 Å². The van der Waals surface area contributed by atoms with Crippen molar-refractivity contribution in [2.45, 2.75) is 30.7 Å². The molecule has 0 spiro atoms. The minimum Gasteiger partial charge on any atom is -0.365 e. The third kappa shape index (κ3) is 4.21. The summed E-state index contributed by atoms with van der Waals surface area (Å²) in [4.78, 5) is 6.59. The number of hydrogen-bond donors (Lipinski definition) is 1. The van der Waals surface area contributed by atoms with Gasteiger partial charge in [-0.05, 0) is 40.3 Å². The monoisotopic (exact) mass is 464 g/mol. The van der Waals surface area contributed by atoms with E-state index in [-0.39, 0.29) is 16.7 Å². The molecule has 1 aliphatic heterocycles. The average Bonchev–Trinajstić information content (AvgIpc) is 3.18. The molecular weight excluding hydrogens is 442 g/mol. The Bertz CT molecular complexity index is 998. The number of benzene rings is 1. The van der Waals surface area contributed by atoms with Gasteiger partial charge in [0, 0.05) is 36.3 Å². The minimum atomic E-state index is -4.52. The molecule has 160 valence electrons. The summed E-state index contributed by atoms with van der Waals surface area (Å²) in [5, 5.41) is 1.14. The highest BCUT2D eigenvalue weighted by atomic mass is 35.5. The summed E-state index contributed by atoms with van der Waals surface area (Å²) in [5.41, 5.74) is -0.257. The van der Waals surface area contributed by atoms with Gasteiger partial charge in [-0.1, -0.05) is 11.6 Å². The Morgan fingerprint density at radius 1 is 1.41 bits per heavy atom. The van der Waals surface area contributed by atoms with Gasteiger partial charge in [0.1, 0.15) is 10.8 Å². The summed E-state index contributed by atoms with van der Waals surface area (Å²) in [5.74, 6) is -2.25. The molecule has 11 heteroatoms. The average molecular weight is 465 g/mol. The zero-order valence-corrected chi connectivity index (χ0v) is 18.9. The highest BCUT2D eigenvalue weighted by molar-refractivity contribution is 7.93. The lowest BCUT2D eigenvalue weighted by Crippen LogP contribution is -2.45. The van der Waals surface area contributed by atoms with E-state index in [9.17, 15) is 12.8 Å². The molecule has 1 saturated heterocycles. The molecule has 1 atom stereocenters. The van der Waals surface area contributed by atoms with Gasteiger partial charge in [-0.2, -0.15) is 0 Å². The van der Waals surface area contributed by atoms with E-state index >= 15 is 4.39 Å². The Morgan fingerprint density at radius 2 is 2.10 bits per heavy atom. The zero-order chi connectivity index (χ0) is 21.6. The topological polar surface area (TPSA) is 65.5 Å². The number of aromatic nitrogens is 1. The van der Waals surface area contributed by atoms with Gasteiger partial charge in [0.15, 0.2) is 15.8 Å². The van der Waals surface area contributed by atoms with Gasteiger partial charge in [0.2, 0.25) is 0 Å². The lowest BCUT2D eigenvalue weighted by atomic mass is 9.88. The molecule has 2 heterocycles. The summed E-state index contributed by atoms with van der Waals surface area (Å²) in [6.07, 6.45) is 2.21. The lowest BCUT2D eigenvalue weighted by Gasteiger charge is -2.39. The van der Waals surface area contributed by atoms with E-state index < -0.39 is 37.1 Å². The fourth-order valence-electron chi connectivity index (χ4n) is 3.78. The molecule has 1 aromatic carbocycles. The number of nitrogens with one attached hydrogen (secondary N) is 1. The van der Waals surface area contributed by atoms with E-state index in [1.54, 1.807) is 5.38 Å². The normalized spacial score (nSPS) is 19.2. The minimum absolute atomic E-state index is 0.0104. The van der Waals surface area contributed by atoms with Gasteiger partial charge >= 0.3 is 0 Å². The third-order valence-corrected chi connectivity index (χ3v) is 7.84. The standard InChI is InChI=1S/C18H23ClF2N4O2S2/c1-18(2)11(10-24(3)4)5-7-25(18)13-9-12(20)16(15(21)14(13)19)29(26,27)23-17-22-6-8-28-17/h6,8-9,11H,5,7,10H2,1-4H3,(H,22,23). The number of hydrogen-bond acceptors (Lipinski definition) is 6. The fraction of sp³-hybridized carbons (Fsp3) is 0.500. The second-order valence-electron chi connectivity index (χ2n) is 7.83. The summed E-state index contributed by atoms with van der Waals surface area (Å²) < 4.78 is 57.0. The van der Waals surface area contributed by atoms with Crippen LogP contribution in [-0.4, -0.2) is 51.0 Å². The predicted molar refractivity (Wildman–Crippen MR) is 112 cm³/mol. The SMILES string of the molecule is CN(C)CC1CCN(c2cc(F)c(S(=O)(=O)Nc3nccs3)c(F)c2Cl)C1(C)C. The van der Waals surface area contributed by atoms with E-state index in [0.717, 1.165) is 30.4 Å². The van der Waals surface area contributed by atoms with Gasteiger partial charge in [-0.25, -0.2) is 22.2 Å². The van der Waals surface area contributed by atoms with Crippen LogP contribution in [0.2, 0.25) is 5.02 Å². The van der Waals surface area contributed by atoms with Crippen molar-refractivity contribution in [3.63, 3.8) is 0 Å². The first kappa shape index (κ1) is 22.2. The fourth-order valence-corrected chi connectivity index (χ4v) is 6.02. The van der Waals surface area contributed by atoms with Crippen LogP contribution in [-0.2, 0) is 10.0 Å². The maximum absolute atomic E-state index is 15.0. The van der Waals surface area contributed by atoms with Crippen LogP contribution in [0.4, 0.5) is 19.6 Å². The maximum Gasteiger partial charge on any atom is 0.269 e. The van der Waals surface area contributed by atoms with Crippen molar-refractivity contribution in [1.82, 2.24) is 9.88 Å². The van der Waals surface area contributed by atoms with Gasteiger partial charge in [0.05, 0.1) is 5.69 Å². The maximum atomic E-state index is 15.0. The largest absolute Gasteiger partial charge is 0.365 e. The summed E-state index contributed by atoms with van der Waals surface area (Å²) >= 11 is 7.22. The van der Waals surface area contributed by atoms with E-state index in [0.29, 0.717) is 6.54 Å². The van der Waals surface area contributed by atoms with Crippen molar-refractivity contribution in [2.75, 3.05) is 36.8 Å². The smallest absolute Gasteiger partial charge is 0.269 e. The molecule has 29 heavy (non-hydrogen) atoms. The predicted octanol–water partition coefficient (Wildman–Crippen LogP) is 4.04. The molecule has 1 N–H and O–H groups in total. The summed E-state index contributed by atoms with van der Waals surface area (Å²) in [7, 11) is -0.580. The van der Waals surface area contributed by atoms with Crippen LogP contribution in [0.15, 0.2) is 22.5 Å². The summed E-state index contributed by atoms with van der Waals surface area (Å²) in [6.45, 7) is 5.37. The van der Waals surface area contributed by atoms with Gasteiger partial charge in [0.25, 0.3) is 10.0 Å². The highest BCUT2D eigenvalue weighted by Crippen LogP contribution is 2.43. The molecule has 1 aliphatic rings. The molecule has 1 aromatic heterocycles. The molecule has 3 rings (SSSR count). The molecule has 2 aromatic rings. The van der Waals surface area contributed by atoms with Crippen LogP contribution >= 0.6 is 22.9 Å². The van der Waals surface area contributed by atoms with Crippen molar-refractivity contribution in [3.05, 3.63) is 34.3 Å². The summed E-state index contributed by atoms with van der Waals surface area (Å²) in [6, 6.07) is 1.00. The second kappa shape index (κ2) is 7.98. The van der Waals surface area contributed by atoms with Gasteiger partial charge in [-0.3, -0.25) is 4.72 Å². The highest BCUT2D eigenvalue weighted by Gasteiger charge is 2.43. The van der Waals surface area contributed by atoms with E-state index in [1.165, 1.54) is 6.20 Å². The van der Waals surface area contributed by atoms with Gasteiger partial charge < -0.3 is 9.80 Å². The molecule has 0 amide bonds. The van der Waals surface area contributed by atoms with Crippen LogP contribution in [0, 0.1) is 17.6 Å². The first-order valence-electron chi connectivity index (χ1n) is 8.97. The molecular formula is C18H23ClF2N4O2S2. The van der Waals surface area contributed by atoms with Crippen molar-refractivity contribution in [2.24, 2.45) is 5.92 Å². The number of rotatable bonds is 6. The Hall–Kier alpha value is -1.49. The van der Waals surface area contributed by atoms with Crippen molar-refractivity contribution in [1.29, 1.82) is 0 Å². The van der Waals surface area contributed by atoms with Crippen molar-refractivity contribution < 1.29 is 17.2 Å². The molecule has 6 nitrogen and oxygen atoms in total. The molecule has 0 saturated carbocycles.